The molecule has 0 aromatic heterocycles. The van der Waals surface area contributed by atoms with Gasteiger partial charge < -0.3 is 10.4 Å². The third-order valence-corrected chi connectivity index (χ3v) is 3.49. The Morgan fingerprint density at radius 3 is 2.56 bits per heavy atom. The maximum Gasteiger partial charge on any atom is 0.441 e. The van der Waals surface area contributed by atoms with E-state index in [1.54, 1.807) is 0 Å². The molecule has 0 saturated heterocycles. The van der Waals surface area contributed by atoms with Gasteiger partial charge in [-0.25, -0.2) is 0 Å². The Bertz CT molecular complexity index is 201. The molecule has 2 atom stereocenters. The first-order valence-corrected chi connectivity index (χ1v) is 6.60. The fourth-order valence-electron chi connectivity index (χ4n) is 1.94. The maximum atomic E-state index is 11.8. The van der Waals surface area contributed by atoms with Crippen LogP contribution in [0, 0.1) is 0 Å². The number of nitrogens with one attached hydrogen (secondary N) is 1. The Morgan fingerprint density at radius 1 is 1.19 bits per heavy atom. The standard InChI is InChI=1S/C10H18F3NOS/c11-10(12,13)16-7-6-14-8-4-2-1-3-5-9(8)15/h8-9,14-15H,1-7H2. The van der Waals surface area contributed by atoms with Gasteiger partial charge in [0.15, 0.2) is 0 Å². The van der Waals surface area contributed by atoms with Crippen molar-refractivity contribution in [2.75, 3.05) is 12.3 Å². The second-order valence-corrected chi connectivity index (χ2v) is 5.22. The number of hydrogen-bond donors (Lipinski definition) is 2. The van der Waals surface area contributed by atoms with Gasteiger partial charge in [-0.1, -0.05) is 19.3 Å². The minimum Gasteiger partial charge on any atom is -0.392 e. The summed E-state index contributed by atoms with van der Waals surface area (Å²) in [5.41, 5.74) is -4.15. The van der Waals surface area contributed by atoms with Crippen molar-refractivity contribution < 1.29 is 18.3 Å². The van der Waals surface area contributed by atoms with Gasteiger partial charge in [0, 0.05) is 18.3 Å². The fourth-order valence-corrected chi connectivity index (χ4v) is 2.39. The molecule has 0 bridgehead atoms. The molecule has 2 unspecified atom stereocenters. The van der Waals surface area contributed by atoms with Crippen LogP contribution in [-0.4, -0.2) is 35.1 Å². The van der Waals surface area contributed by atoms with Crippen molar-refractivity contribution >= 4 is 11.8 Å². The first-order chi connectivity index (χ1) is 7.49. The highest BCUT2D eigenvalue weighted by Crippen LogP contribution is 2.29. The van der Waals surface area contributed by atoms with Gasteiger partial charge in [-0.3, -0.25) is 0 Å². The monoisotopic (exact) mass is 257 g/mol. The zero-order valence-corrected chi connectivity index (χ0v) is 9.91. The first kappa shape index (κ1) is 14.1. The number of alkyl halides is 3. The molecule has 6 heteroatoms. The van der Waals surface area contributed by atoms with Crippen LogP contribution < -0.4 is 5.32 Å². The molecule has 0 spiro atoms. The lowest BCUT2D eigenvalue weighted by molar-refractivity contribution is -0.0327. The van der Waals surface area contributed by atoms with Crippen LogP contribution in [-0.2, 0) is 0 Å². The Labute approximate surface area is 98.0 Å². The van der Waals surface area contributed by atoms with E-state index in [-0.39, 0.29) is 23.6 Å². The van der Waals surface area contributed by atoms with Crippen molar-refractivity contribution in [3.63, 3.8) is 0 Å². The van der Waals surface area contributed by atoms with Crippen molar-refractivity contribution in [2.24, 2.45) is 0 Å². The van der Waals surface area contributed by atoms with Crippen LogP contribution in [0.3, 0.4) is 0 Å². The Morgan fingerprint density at radius 2 is 1.88 bits per heavy atom. The molecule has 0 amide bonds. The Hall–Kier alpha value is 0.0600. The van der Waals surface area contributed by atoms with Crippen LogP contribution in [0.2, 0.25) is 0 Å². The second kappa shape index (κ2) is 6.71. The van der Waals surface area contributed by atoms with E-state index in [2.05, 4.69) is 5.32 Å². The number of rotatable bonds is 4. The zero-order chi connectivity index (χ0) is 12.0. The third kappa shape index (κ3) is 5.96. The zero-order valence-electron chi connectivity index (χ0n) is 9.09. The van der Waals surface area contributed by atoms with Gasteiger partial charge >= 0.3 is 5.51 Å². The molecule has 2 N–H and O–H groups in total. The largest absolute Gasteiger partial charge is 0.441 e. The highest BCUT2D eigenvalue weighted by molar-refractivity contribution is 8.00. The topological polar surface area (TPSA) is 32.3 Å². The minimum absolute atomic E-state index is 0.00667. The number of thioether (sulfide) groups is 1. The average molecular weight is 257 g/mol. The van der Waals surface area contributed by atoms with E-state index in [1.165, 1.54) is 0 Å². The van der Waals surface area contributed by atoms with E-state index in [0.717, 1.165) is 32.1 Å². The van der Waals surface area contributed by atoms with E-state index in [1.807, 2.05) is 0 Å². The average Bonchev–Trinajstić information content (AvgIpc) is 2.37. The van der Waals surface area contributed by atoms with Gasteiger partial charge in [0.25, 0.3) is 0 Å². The molecule has 1 aliphatic rings. The summed E-state index contributed by atoms with van der Waals surface area (Å²) < 4.78 is 35.5. The SMILES string of the molecule is OC1CCCCCC1NCCSC(F)(F)F. The number of hydrogen-bond acceptors (Lipinski definition) is 3. The van der Waals surface area contributed by atoms with Crippen LogP contribution in [0.4, 0.5) is 13.2 Å². The molecule has 0 radical (unpaired) electrons. The number of aliphatic hydroxyl groups is 1. The number of halogens is 3. The maximum absolute atomic E-state index is 11.8. The summed E-state index contributed by atoms with van der Waals surface area (Å²) in [6.07, 6.45) is 4.37. The lowest BCUT2D eigenvalue weighted by Gasteiger charge is -2.21. The smallest absolute Gasteiger partial charge is 0.392 e. The van der Waals surface area contributed by atoms with E-state index < -0.39 is 11.6 Å². The van der Waals surface area contributed by atoms with Crippen LogP contribution in [0.15, 0.2) is 0 Å². The molecule has 1 aliphatic carbocycles. The molecule has 0 heterocycles. The van der Waals surface area contributed by atoms with E-state index >= 15 is 0 Å². The Balaban J connectivity index is 2.15. The van der Waals surface area contributed by atoms with Crippen LogP contribution >= 0.6 is 11.8 Å². The lowest BCUT2D eigenvalue weighted by Crippen LogP contribution is -2.40. The van der Waals surface area contributed by atoms with Gasteiger partial charge in [0.1, 0.15) is 0 Å². The van der Waals surface area contributed by atoms with Gasteiger partial charge in [-0.15, -0.1) is 0 Å². The summed E-state index contributed by atoms with van der Waals surface area (Å²) in [6, 6.07) is -0.0312. The highest BCUT2D eigenvalue weighted by Gasteiger charge is 2.28. The third-order valence-electron chi connectivity index (χ3n) is 2.75. The van der Waals surface area contributed by atoms with E-state index in [9.17, 15) is 18.3 Å². The van der Waals surface area contributed by atoms with Crippen molar-refractivity contribution in [1.82, 2.24) is 5.32 Å². The van der Waals surface area contributed by atoms with Crippen LogP contribution in [0.5, 0.6) is 0 Å². The second-order valence-electron chi connectivity index (χ2n) is 4.06. The van der Waals surface area contributed by atoms with E-state index in [0.29, 0.717) is 6.54 Å². The predicted octanol–water partition coefficient (Wildman–Crippen LogP) is 2.52. The predicted molar refractivity (Wildman–Crippen MR) is 59.4 cm³/mol. The first-order valence-electron chi connectivity index (χ1n) is 5.61. The van der Waals surface area contributed by atoms with Crippen molar-refractivity contribution in [2.45, 2.75) is 49.8 Å². The molecule has 2 nitrogen and oxygen atoms in total. The summed E-state index contributed by atoms with van der Waals surface area (Å²) in [4.78, 5) is 0. The molecular formula is C10H18F3NOS. The Kier molecular flexibility index (Phi) is 5.92. The normalized spacial score (nSPS) is 27.8. The molecule has 0 aliphatic heterocycles. The summed E-state index contributed by atoms with van der Waals surface area (Å²) in [5.74, 6) is 0.00667. The summed E-state index contributed by atoms with van der Waals surface area (Å²) >= 11 is -0.0155. The fraction of sp³-hybridized carbons (Fsp3) is 1.00. The van der Waals surface area contributed by atoms with Crippen molar-refractivity contribution in [3.8, 4) is 0 Å². The molecule has 1 saturated carbocycles. The molecular weight excluding hydrogens is 239 g/mol. The molecule has 96 valence electrons. The van der Waals surface area contributed by atoms with Gasteiger partial charge in [0.2, 0.25) is 0 Å². The van der Waals surface area contributed by atoms with Crippen LogP contribution in [0.1, 0.15) is 32.1 Å². The molecule has 0 aromatic rings. The summed E-state index contributed by atoms with van der Waals surface area (Å²) in [6.45, 7) is 0.298. The van der Waals surface area contributed by atoms with Gasteiger partial charge in [-0.05, 0) is 24.6 Å². The quantitative estimate of drug-likeness (QED) is 0.599. The molecule has 1 rings (SSSR count). The summed E-state index contributed by atoms with van der Waals surface area (Å²) in [7, 11) is 0. The highest BCUT2D eigenvalue weighted by atomic mass is 32.2. The van der Waals surface area contributed by atoms with Gasteiger partial charge in [0.05, 0.1) is 6.10 Å². The molecule has 16 heavy (non-hydrogen) atoms. The van der Waals surface area contributed by atoms with Crippen molar-refractivity contribution in [1.29, 1.82) is 0 Å². The van der Waals surface area contributed by atoms with Gasteiger partial charge in [-0.2, -0.15) is 13.2 Å². The molecule has 1 fully saturated rings. The molecule has 0 aromatic carbocycles. The van der Waals surface area contributed by atoms with Crippen LogP contribution in [0.25, 0.3) is 0 Å². The van der Waals surface area contributed by atoms with E-state index in [4.69, 9.17) is 0 Å². The van der Waals surface area contributed by atoms with Crippen molar-refractivity contribution in [3.05, 3.63) is 0 Å². The minimum atomic E-state index is -4.15. The number of aliphatic hydroxyl groups excluding tert-OH is 1. The summed E-state index contributed by atoms with van der Waals surface area (Å²) in [5, 5.41) is 12.7. The lowest BCUT2D eigenvalue weighted by atomic mass is 10.1.